The molecule has 7 N–H and O–H groups in total. The zero-order valence-electron chi connectivity index (χ0n) is 30.5. The van der Waals surface area contributed by atoms with E-state index in [0.717, 1.165) is 11.1 Å². The van der Waals surface area contributed by atoms with Crippen molar-refractivity contribution in [2.24, 2.45) is 5.73 Å². The number of carbonyl (C=O) groups excluding carboxylic acids is 5. The van der Waals surface area contributed by atoms with Gasteiger partial charge in [-0.2, -0.15) is 0 Å². The van der Waals surface area contributed by atoms with Crippen LogP contribution < -0.4 is 31.7 Å². The lowest BCUT2D eigenvalue weighted by atomic mass is 10.0. The van der Waals surface area contributed by atoms with Gasteiger partial charge < -0.3 is 46.2 Å². The molecule has 0 aliphatic heterocycles. The molecule has 3 unspecified atom stereocenters. The fourth-order valence-corrected chi connectivity index (χ4v) is 5.06. The molecule has 0 radical (unpaired) electrons. The molecule has 1 heterocycles. The fraction of sp³-hybridized carbons (Fsp3) is 0.333. The quantitative estimate of drug-likeness (QED) is 0.0831. The van der Waals surface area contributed by atoms with Crippen LogP contribution in [0, 0.1) is 0 Å². The first-order chi connectivity index (χ1) is 25.8. The van der Waals surface area contributed by atoms with Crippen LogP contribution in [-0.2, 0) is 54.7 Å². The molecule has 5 amide bonds. The number of nitrogens with one attached hydrogen (secondary N) is 5. The molecule has 0 saturated heterocycles. The van der Waals surface area contributed by atoms with Gasteiger partial charge in [0.15, 0.2) is 0 Å². The average Bonchev–Trinajstić information content (AvgIpc) is 3.66. The number of H-pyrrole nitrogens is 1. The molecule has 4 aromatic rings. The first-order valence-electron chi connectivity index (χ1n) is 17.4. The minimum atomic E-state index is -1.25. The van der Waals surface area contributed by atoms with Crippen molar-refractivity contribution in [1.29, 1.82) is 0 Å². The van der Waals surface area contributed by atoms with Crippen LogP contribution in [0.2, 0.25) is 0 Å². The van der Waals surface area contributed by atoms with E-state index >= 15 is 0 Å². The second-order valence-electron chi connectivity index (χ2n) is 13.4. The van der Waals surface area contributed by atoms with Crippen molar-refractivity contribution in [1.82, 2.24) is 31.2 Å². The zero-order valence-corrected chi connectivity index (χ0v) is 30.5. The molecule has 0 aliphatic rings. The van der Waals surface area contributed by atoms with Crippen LogP contribution in [-0.4, -0.2) is 76.6 Å². The summed E-state index contributed by atoms with van der Waals surface area (Å²) in [6.07, 6.45) is 2.15. The Bertz CT molecular complexity index is 1800. The lowest BCUT2D eigenvalue weighted by molar-refractivity contribution is -0.132. The molecule has 1 aromatic heterocycles. The third kappa shape index (κ3) is 14.4. The molecule has 54 heavy (non-hydrogen) atoms. The standard InChI is InChI=1S/C39H47N7O8/c1-39(2,3)54-38(51)46-33(24-52-22-27-10-6-4-7-11-27)37(50)45-32(18-26-14-16-30(17-15-26)53-23-28-12-8-5-9-13-28)36(49)42-21-34(47)44-31(35(40)48)19-29-20-41-25-43-29/h4-17,20,25,31-33H,18-19,21-24H2,1-3H3,(H2,40,48)(H,41,43)(H,42,49)(H,44,47)(H,45,50)(H,46,51). The third-order valence-electron chi connectivity index (χ3n) is 7.73. The van der Waals surface area contributed by atoms with Gasteiger partial charge in [-0.15, -0.1) is 0 Å². The van der Waals surface area contributed by atoms with Crippen LogP contribution in [0.4, 0.5) is 4.79 Å². The number of alkyl carbamates (subject to hydrolysis) is 1. The Morgan fingerprint density at radius 2 is 1.39 bits per heavy atom. The van der Waals surface area contributed by atoms with E-state index in [4.69, 9.17) is 19.9 Å². The normalized spacial score (nSPS) is 12.7. The molecular weight excluding hydrogens is 694 g/mol. The third-order valence-corrected chi connectivity index (χ3v) is 7.73. The second kappa shape index (κ2) is 20.1. The number of aromatic nitrogens is 2. The van der Waals surface area contributed by atoms with Crippen molar-refractivity contribution >= 4 is 29.7 Å². The Morgan fingerprint density at radius 3 is 1.98 bits per heavy atom. The Labute approximate surface area is 313 Å². The highest BCUT2D eigenvalue weighted by Gasteiger charge is 2.30. The predicted octanol–water partition coefficient (Wildman–Crippen LogP) is 2.46. The van der Waals surface area contributed by atoms with Crippen LogP contribution in [0.25, 0.3) is 0 Å². The number of nitrogens with two attached hydrogens (primary N) is 1. The van der Waals surface area contributed by atoms with Gasteiger partial charge in [-0.05, 0) is 49.6 Å². The Hall–Kier alpha value is -6.22. The van der Waals surface area contributed by atoms with Gasteiger partial charge in [0.1, 0.15) is 36.1 Å². The van der Waals surface area contributed by atoms with E-state index in [1.54, 1.807) is 45.0 Å². The summed E-state index contributed by atoms with van der Waals surface area (Å²) in [6.45, 7) is 4.81. The number of benzene rings is 3. The fourth-order valence-electron chi connectivity index (χ4n) is 5.06. The van der Waals surface area contributed by atoms with Gasteiger partial charge in [0.2, 0.25) is 23.6 Å². The topological polar surface area (TPSA) is 216 Å². The predicted molar refractivity (Wildman–Crippen MR) is 199 cm³/mol. The summed E-state index contributed by atoms with van der Waals surface area (Å²) in [5.41, 5.74) is 7.73. The summed E-state index contributed by atoms with van der Waals surface area (Å²) >= 11 is 0. The van der Waals surface area contributed by atoms with Crippen molar-refractivity contribution in [3.05, 3.63) is 120 Å². The molecule has 0 fully saturated rings. The number of primary amides is 1. The van der Waals surface area contributed by atoms with Gasteiger partial charge in [-0.3, -0.25) is 19.2 Å². The van der Waals surface area contributed by atoms with Crippen LogP contribution in [0.3, 0.4) is 0 Å². The summed E-state index contributed by atoms with van der Waals surface area (Å²) in [4.78, 5) is 71.8. The van der Waals surface area contributed by atoms with E-state index in [9.17, 15) is 24.0 Å². The van der Waals surface area contributed by atoms with E-state index in [0.29, 0.717) is 23.6 Å². The molecule has 15 heteroatoms. The van der Waals surface area contributed by atoms with Gasteiger partial charge >= 0.3 is 6.09 Å². The summed E-state index contributed by atoms with van der Waals surface area (Å²) in [5, 5.41) is 10.3. The van der Waals surface area contributed by atoms with Gasteiger partial charge in [-0.25, -0.2) is 9.78 Å². The highest BCUT2D eigenvalue weighted by molar-refractivity contribution is 5.94. The van der Waals surface area contributed by atoms with E-state index in [-0.39, 0.29) is 26.1 Å². The maximum atomic E-state index is 13.8. The van der Waals surface area contributed by atoms with Crippen molar-refractivity contribution in [3.63, 3.8) is 0 Å². The molecule has 15 nitrogen and oxygen atoms in total. The number of rotatable bonds is 19. The van der Waals surface area contributed by atoms with E-state index in [1.165, 1.54) is 12.5 Å². The lowest BCUT2D eigenvalue weighted by Gasteiger charge is -2.25. The Kier molecular flexibility index (Phi) is 15.1. The lowest BCUT2D eigenvalue weighted by Crippen LogP contribution is -2.57. The molecule has 0 saturated carbocycles. The number of hydrogen-bond donors (Lipinski definition) is 6. The summed E-state index contributed by atoms with van der Waals surface area (Å²) in [5.74, 6) is -2.29. The van der Waals surface area contributed by atoms with E-state index in [1.807, 2.05) is 60.7 Å². The Morgan fingerprint density at radius 1 is 0.741 bits per heavy atom. The van der Waals surface area contributed by atoms with Crippen LogP contribution in [0.5, 0.6) is 5.75 Å². The maximum absolute atomic E-state index is 13.8. The number of carbonyl (C=O) groups is 5. The van der Waals surface area contributed by atoms with Gasteiger partial charge in [0.05, 0.1) is 26.1 Å². The van der Waals surface area contributed by atoms with E-state index < -0.39 is 60.0 Å². The van der Waals surface area contributed by atoms with Gasteiger partial charge in [0.25, 0.3) is 0 Å². The smallest absolute Gasteiger partial charge is 0.408 e. The van der Waals surface area contributed by atoms with Crippen molar-refractivity contribution in [2.75, 3.05) is 13.2 Å². The number of amides is 5. The largest absolute Gasteiger partial charge is 0.489 e. The summed E-state index contributed by atoms with van der Waals surface area (Å²) < 4.78 is 17.1. The number of nitrogens with zero attached hydrogens (tertiary/aromatic N) is 1. The van der Waals surface area contributed by atoms with Crippen LogP contribution >= 0.6 is 0 Å². The van der Waals surface area contributed by atoms with Crippen molar-refractivity contribution in [2.45, 2.75) is 70.6 Å². The molecular formula is C39H47N7O8. The molecule has 3 atom stereocenters. The number of hydrogen-bond acceptors (Lipinski definition) is 9. The van der Waals surface area contributed by atoms with Crippen molar-refractivity contribution < 1.29 is 38.2 Å². The number of imidazole rings is 1. The number of ether oxygens (including phenoxy) is 3. The highest BCUT2D eigenvalue weighted by atomic mass is 16.6. The second-order valence-corrected chi connectivity index (χ2v) is 13.4. The SMILES string of the molecule is CC(C)(C)OC(=O)NC(COCc1ccccc1)C(=O)NC(Cc1ccc(OCc2ccccc2)cc1)C(=O)NCC(=O)NC(Cc1cnc[nH]1)C(N)=O. The zero-order chi connectivity index (χ0) is 38.9. The molecule has 0 spiro atoms. The first-order valence-corrected chi connectivity index (χ1v) is 17.4. The van der Waals surface area contributed by atoms with E-state index in [2.05, 4.69) is 31.2 Å². The van der Waals surface area contributed by atoms with Gasteiger partial charge in [0, 0.05) is 24.7 Å². The molecule has 0 aliphatic carbocycles. The molecule has 286 valence electrons. The molecule has 0 bridgehead atoms. The number of aromatic amines is 1. The Balaban J connectivity index is 1.47. The van der Waals surface area contributed by atoms with Crippen molar-refractivity contribution in [3.8, 4) is 5.75 Å². The highest BCUT2D eigenvalue weighted by Crippen LogP contribution is 2.16. The van der Waals surface area contributed by atoms with Crippen LogP contribution in [0.1, 0.15) is 43.2 Å². The molecule has 3 aromatic carbocycles. The molecule has 4 rings (SSSR count). The maximum Gasteiger partial charge on any atom is 0.408 e. The summed E-state index contributed by atoms with van der Waals surface area (Å²) in [7, 11) is 0. The minimum absolute atomic E-state index is 0.00588. The monoisotopic (exact) mass is 741 g/mol. The minimum Gasteiger partial charge on any atom is -0.489 e. The van der Waals surface area contributed by atoms with Crippen LogP contribution in [0.15, 0.2) is 97.5 Å². The first kappa shape index (κ1) is 40.5. The average molecular weight is 742 g/mol. The van der Waals surface area contributed by atoms with Gasteiger partial charge in [-0.1, -0.05) is 72.8 Å². The summed E-state index contributed by atoms with van der Waals surface area (Å²) in [6, 6.07) is 22.4.